The van der Waals surface area contributed by atoms with E-state index >= 15 is 0 Å². The average Bonchev–Trinajstić information content (AvgIpc) is 2.72. The minimum atomic E-state index is -3.85. The van der Waals surface area contributed by atoms with E-state index in [9.17, 15) is 21.6 Å². The summed E-state index contributed by atoms with van der Waals surface area (Å²) in [6.07, 6.45) is 2.49. The van der Waals surface area contributed by atoms with Gasteiger partial charge in [-0.05, 0) is 61.0 Å². The highest BCUT2D eigenvalue weighted by Gasteiger charge is 2.21. The summed E-state index contributed by atoms with van der Waals surface area (Å²) in [5.41, 5.74) is 1.56. The van der Waals surface area contributed by atoms with Gasteiger partial charge in [-0.1, -0.05) is 18.2 Å². The van der Waals surface area contributed by atoms with Crippen LogP contribution in [0.2, 0.25) is 0 Å². The summed E-state index contributed by atoms with van der Waals surface area (Å²) in [5.74, 6) is -0.388. The Morgan fingerprint density at radius 3 is 2.28 bits per heavy atom. The second-order valence-electron chi connectivity index (χ2n) is 7.00. The van der Waals surface area contributed by atoms with Gasteiger partial charge in [0.1, 0.15) is 12.4 Å². The van der Waals surface area contributed by atoms with Crippen molar-refractivity contribution >= 4 is 43.1 Å². The Labute approximate surface area is 187 Å². The van der Waals surface area contributed by atoms with Crippen molar-refractivity contribution in [3.8, 4) is 0 Å². The smallest absolute Gasteiger partial charge is 0.263 e. The number of benzene rings is 2. The summed E-state index contributed by atoms with van der Waals surface area (Å²) in [4.78, 5) is 16.4. The standard InChI is InChI=1S/C21H22N4O5S2/c1-16-6-5-7-18(14-16)25(31(2,27)28)15-21(26)23-17-9-11-19(12-10-17)32(29,30)24-20-8-3-4-13-22-20/h3-14H,15H2,1-2H3,(H,22,24)(H,23,26). The quantitative estimate of drug-likeness (QED) is 0.517. The van der Waals surface area contributed by atoms with Gasteiger partial charge in [-0.2, -0.15) is 0 Å². The Hall–Kier alpha value is -3.44. The normalized spacial score (nSPS) is 11.6. The highest BCUT2D eigenvalue weighted by molar-refractivity contribution is 7.92. The van der Waals surface area contributed by atoms with Gasteiger partial charge in [0.2, 0.25) is 15.9 Å². The molecule has 0 fully saturated rings. The lowest BCUT2D eigenvalue weighted by molar-refractivity contribution is -0.114. The van der Waals surface area contributed by atoms with Gasteiger partial charge in [0.25, 0.3) is 10.0 Å². The molecular weight excluding hydrogens is 452 g/mol. The van der Waals surface area contributed by atoms with Crippen LogP contribution in [0.3, 0.4) is 0 Å². The largest absolute Gasteiger partial charge is 0.325 e. The second-order valence-corrected chi connectivity index (χ2v) is 10.6. The van der Waals surface area contributed by atoms with Gasteiger partial charge in [-0.3, -0.25) is 13.8 Å². The molecule has 0 unspecified atom stereocenters. The van der Waals surface area contributed by atoms with Crippen molar-refractivity contribution in [2.45, 2.75) is 11.8 Å². The fraction of sp³-hybridized carbons (Fsp3) is 0.143. The van der Waals surface area contributed by atoms with Crippen molar-refractivity contribution < 1.29 is 21.6 Å². The molecule has 0 spiro atoms. The zero-order valence-corrected chi connectivity index (χ0v) is 19.0. The highest BCUT2D eigenvalue weighted by atomic mass is 32.2. The number of aryl methyl sites for hydroxylation is 1. The summed E-state index contributed by atoms with van der Waals surface area (Å²) in [5, 5.41) is 2.58. The molecule has 0 atom stereocenters. The van der Waals surface area contributed by atoms with Crippen LogP contribution >= 0.6 is 0 Å². The summed E-state index contributed by atoms with van der Waals surface area (Å²) < 4.78 is 52.7. The molecule has 0 aliphatic heterocycles. The number of pyridine rings is 1. The summed E-state index contributed by atoms with van der Waals surface area (Å²) in [7, 11) is -7.55. The van der Waals surface area contributed by atoms with E-state index in [0.717, 1.165) is 16.1 Å². The maximum atomic E-state index is 12.5. The van der Waals surface area contributed by atoms with Crippen molar-refractivity contribution in [1.82, 2.24) is 4.98 Å². The molecule has 0 saturated carbocycles. The Balaban J connectivity index is 1.71. The molecule has 32 heavy (non-hydrogen) atoms. The van der Waals surface area contributed by atoms with Crippen LogP contribution in [0, 0.1) is 6.92 Å². The topological polar surface area (TPSA) is 126 Å². The van der Waals surface area contributed by atoms with E-state index in [2.05, 4.69) is 15.0 Å². The van der Waals surface area contributed by atoms with Crippen molar-refractivity contribution in [2.75, 3.05) is 27.1 Å². The minimum Gasteiger partial charge on any atom is -0.325 e. The summed E-state index contributed by atoms with van der Waals surface area (Å²) in [6.45, 7) is 1.39. The van der Waals surface area contributed by atoms with Gasteiger partial charge < -0.3 is 5.32 Å². The fourth-order valence-corrected chi connectivity index (χ4v) is 4.71. The van der Waals surface area contributed by atoms with Crippen molar-refractivity contribution in [3.05, 3.63) is 78.5 Å². The third-order valence-electron chi connectivity index (χ3n) is 4.33. The zero-order chi connectivity index (χ0) is 23.4. The maximum absolute atomic E-state index is 12.5. The van der Waals surface area contributed by atoms with Crippen LogP contribution in [0.1, 0.15) is 5.56 Å². The van der Waals surface area contributed by atoms with Crippen LogP contribution in [0.4, 0.5) is 17.2 Å². The predicted molar refractivity (Wildman–Crippen MR) is 123 cm³/mol. The summed E-state index contributed by atoms with van der Waals surface area (Å²) >= 11 is 0. The van der Waals surface area contributed by atoms with Gasteiger partial charge in [0.05, 0.1) is 16.8 Å². The number of anilines is 3. The van der Waals surface area contributed by atoms with Crippen molar-refractivity contribution in [1.29, 1.82) is 0 Å². The average molecular weight is 475 g/mol. The number of nitrogens with zero attached hydrogens (tertiary/aromatic N) is 2. The second kappa shape index (κ2) is 9.37. The molecule has 1 amide bonds. The van der Waals surface area contributed by atoms with Gasteiger partial charge in [0.15, 0.2) is 0 Å². The van der Waals surface area contributed by atoms with E-state index in [1.54, 1.807) is 30.3 Å². The first-order chi connectivity index (χ1) is 15.0. The number of carbonyl (C=O) groups is 1. The van der Waals surface area contributed by atoms with Gasteiger partial charge >= 0.3 is 0 Å². The molecule has 0 aliphatic rings. The molecule has 9 nitrogen and oxygen atoms in total. The molecule has 1 aromatic heterocycles. The first-order valence-corrected chi connectivity index (χ1v) is 12.8. The molecular formula is C21H22N4O5S2. The van der Waals surface area contributed by atoms with Crippen LogP contribution in [-0.2, 0) is 24.8 Å². The molecule has 168 valence electrons. The number of nitrogens with one attached hydrogen (secondary N) is 2. The third-order valence-corrected chi connectivity index (χ3v) is 6.84. The van der Waals surface area contributed by atoms with Gasteiger partial charge in [0, 0.05) is 11.9 Å². The Morgan fingerprint density at radius 1 is 0.969 bits per heavy atom. The first kappa shape index (κ1) is 23.2. The number of aromatic nitrogens is 1. The van der Waals surface area contributed by atoms with Crippen LogP contribution in [0.25, 0.3) is 0 Å². The molecule has 0 aliphatic carbocycles. The van der Waals surface area contributed by atoms with Crippen molar-refractivity contribution in [3.63, 3.8) is 0 Å². The van der Waals surface area contributed by atoms with Gasteiger partial charge in [-0.15, -0.1) is 0 Å². The van der Waals surface area contributed by atoms with E-state index in [0.29, 0.717) is 11.4 Å². The molecule has 2 N–H and O–H groups in total. The zero-order valence-electron chi connectivity index (χ0n) is 17.4. The molecule has 3 aromatic rings. The van der Waals surface area contributed by atoms with E-state index in [4.69, 9.17) is 0 Å². The first-order valence-electron chi connectivity index (χ1n) is 9.43. The van der Waals surface area contributed by atoms with Crippen LogP contribution in [0.5, 0.6) is 0 Å². The molecule has 2 aromatic carbocycles. The third kappa shape index (κ3) is 6.05. The Kier molecular flexibility index (Phi) is 6.80. The van der Waals surface area contributed by atoms with E-state index in [1.165, 1.54) is 36.5 Å². The lowest BCUT2D eigenvalue weighted by atomic mass is 10.2. The Bertz CT molecular complexity index is 1310. The number of hydrogen-bond donors (Lipinski definition) is 2. The lowest BCUT2D eigenvalue weighted by Gasteiger charge is -2.22. The predicted octanol–water partition coefficient (Wildman–Crippen LogP) is 2.60. The molecule has 1 heterocycles. The lowest BCUT2D eigenvalue weighted by Crippen LogP contribution is -2.37. The highest BCUT2D eigenvalue weighted by Crippen LogP contribution is 2.20. The van der Waals surface area contributed by atoms with Crippen LogP contribution in [0.15, 0.2) is 77.8 Å². The summed E-state index contributed by atoms with van der Waals surface area (Å²) in [6, 6.07) is 17.1. The van der Waals surface area contributed by atoms with Crippen LogP contribution in [-0.4, -0.2) is 40.5 Å². The maximum Gasteiger partial charge on any atom is 0.263 e. The molecule has 11 heteroatoms. The number of carbonyl (C=O) groups excluding carboxylic acids is 1. The number of amides is 1. The molecule has 0 saturated heterocycles. The number of rotatable bonds is 8. The van der Waals surface area contributed by atoms with Gasteiger partial charge in [-0.25, -0.2) is 21.8 Å². The van der Waals surface area contributed by atoms with E-state index in [1.807, 2.05) is 13.0 Å². The SMILES string of the molecule is Cc1cccc(N(CC(=O)Nc2ccc(S(=O)(=O)Nc3ccccn3)cc2)S(C)(=O)=O)c1. The monoisotopic (exact) mass is 474 g/mol. The van der Waals surface area contributed by atoms with Crippen LogP contribution < -0.4 is 14.3 Å². The van der Waals surface area contributed by atoms with E-state index in [-0.39, 0.29) is 10.7 Å². The number of sulfonamides is 2. The molecule has 0 bridgehead atoms. The fourth-order valence-electron chi connectivity index (χ4n) is 2.85. The number of hydrogen-bond acceptors (Lipinski definition) is 6. The van der Waals surface area contributed by atoms with Crippen molar-refractivity contribution in [2.24, 2.45) is 0 Å². The molecule has 3 rings (SSSR count). The molecule has 0 radical (unpaired) electrons. The Morgan fingerprint density at radius 2 is 1.69 bits per heavy atom. The van der Waals surface area contributed by atoms with E-state index < -0.39 is 32.5 Å². The minimum absolute atomic E-state index is 0.0151.